The fourth-order valence-corrected chi connectivity index (χ4v) is 4.06. The molecule has 0 aliphatic heterocycles. The van der Waals surface area contributed by atoms with Crippen molar-refractivity contribution < 1.29 is 19.1 Å². The highest BCUT2D eigenvalue weighted by molar-refractivity contribution is 7.98. The zero-order valence-electron chi connectivity index (χ0n) is 18.6. The molecule has 0 aliphatic carbocycles. The molecule has 0 radical (unpaired) electrons. The Labute approximate surface area is 197 Å². The Morgan fingerprint density at radius 2 is 1.55 bits per heavy atom. The molecule has 0 saturated heterocycles. The average Bonchev–Trinajstić information content (AvgIpc) is 2.82. The predicted octanol–water partition coefficient (Wildman–Crippen LogP) is 5.38. The summed E-state index contributed by atoms with van der Waals surface area (Å²) in [6, 6.07) is 22.8. The van der Waals surface area contributed by atoms with E-state index in [-0.39, 0.29) is 41.0 Å². The van der Waals surface area contributed by atoms with Crippen molar-refractivity contribution in [2.24, 2.45) is 0 Å². The molecule has 0 spiro atoms. The quantitative estimate of drug-likeness (QED) is 0.261. The Kier molecular flexibility index (Phi) is 8.27. The molecule has 0 aromatic heterocycles. The second-order valence-corrected chi connectivity index (χ2v) is 9.21. The van der Waals surface area contributed by atoms with Crippen LogP contribution in [0.15, 0.2) is 78.9 Å². The summed E-state index contributed by atoms with van der Waals surface area (Å²) in [6.07, 6.45) is -0.628. The topological polar surface area (TPSA) is 89.7 Å². The Balaban J connectivity index is 1.82. The van der Waals surface area contributed by atoms with Gasteiger partial charge in [-0.2, -0.15) is 0 Å². The summed E-state index contributed by atoms with van der Waals surface area (Å²) in [4.78, 5) is 39.1. The lowest BCUT2D eigenvalue weighted by Gasteiger charge is -2.23. The third kappa shape index (κ3) is 6.46. The van der Waals surface area contributed by atoms with Gasteiger partial charge in [-0.05, 0) is 23.6 Å². The van der Waals surface area contributed by atoms with Gasteiger partial charge in [0.05, 0.1) is 12.1 Å². The van der Waals surface area contributed by atoms with Crippen LogP contribution in [0.3, 0.4) is 0 Å². The highest BCUT2D eigenvalue weighted by Crippen LogP contribution is 2.24. The number of anilines is 1. The fourth-order valence-electron chi connectivity index (χ4n) is 3.22. The third-order valence-corrected chi connectivity index (χ3v) is 5.64. The van der Waals surface area contributed by atoms with Gasteiger partial charge in [0, 0.05) is 22.1 Å². The van der Waals surface area contributed by atoms with E-state index < -0.39 is 11.9 Å². The first-order chi connectivity index (χ1) is 15.9. The number of carbonyl (C=O) groups is 3. The molecule has 0 fully saturated rings. The smallest absolute Gasteiger partial charge is 0.420 e. The second kappa shape index (κ2) is 11.3. The fraction of sp³-hybridized carbons (Fsp3) is 0.192. The van der Waals surface area contributed by atoms with Crippen LogP contribution in [0, 0.1) is 0 Å². The molecule has 3 aromatic carbocycles. The Morgan fingerprint density at radius 3 is 2.18 bits per heavy atom. The zero-order chi connectivity index (χ0) is 23.8. The lowest BCUT2D eigenvalue weighted by molar-refractivity contribution is 0.0917. The van der Waals surface area contributed by atoms with Crippen molar-refractivity contribution in [2.75, 3.05) is 12.3 Å². The number of nitrogens with two attached hydrogens (primary N) is 1. The van der Waals surface area contributed by atoms with Crippen LogP contribution >= 0.6 is 11.9 Å². The molecule has 0 unspecified atom stereocenters. The molecular formula is C26H26N2O4S. The molecule has 170 valence electrons. The molecule has 1 amide bonds. The minimum absolute atomic E-state index is 0.0283. The summed E-state index contributed by atoms with van der Waals surface area (Å²) in [6.45, 7) is 3.63. The molecular weight excluding hydrogens is 436 g/mol. The number of benzene rings is 3. The number of nitrogens with zero attached hydrogens (tertiary/aromatic N) is 1. The Hall–Kier alpha value is -3.58. The van der Waals surface area contributed by atoms with Crippen LogP contribution in [0.25, 0.3) is 0 Å². The molecule has 0 heterocycles. The molecule has 3 rings (SSSR count). The number of nitrogen functional groups attached to an aromatic ring is 1. The lowest BCUT2D eigenvalue weighted by atomic mass is 9.94. The summed E-state index contributed by atoms with van der Waals surface area (Å²) < 4.78 is 6.70. The molecule has 0 bridgehead atoms. The van der Waals surface area contributed by atoms with Crippen molar-refractivity contribution in [3.05, 3.63) is 101 Å². The van der Waals surface area contributed by atoms with Crippen molar-refractivity contribution >= 4 is 35.3 Å². The summed E-state index contributed by atoms with van der Waals surface area (Å²) in [5.74, 6) is -0.738. The first kappa shape index (κ1) is 24.1. The van der Waals surface area contributed by atoms with Crippen LogP contribution in [0.5, 0.6) is 0 Å². The predicted molar refractivity (Wildman–Crippen MR) is 131 cm³/mol. The van der Waals surface area contributed by atoms with Gasteiger partial charge in [-0.15, -0.1) is 0 Å². The van der Waals surface area contributed by atoms with Gasteiger partial charge in [0.15, 0.2) is 11.6 Å². The monoisotopic (exact) mass is 462 g/mol. The first-order valence-corrected chi connectivity index (χ1v) is 11.4. The number of Topliss-reactive ketones (excluding diaryl/α,β-unsaturated/α-hetero) is 1. The highest BCUT2D eigenvalue weighted by Gasteiger charge is 2.26. The summed E-state index contributed by atoms with van der Waals surface area (Å²) in [5, 5.41) is 0.0283. The molecule has 2 N–H and O–H groups in total. The molecule has 6 nitrogen and oxygen atoms in total. The van der Waals surface area contributed by atoms with E-state index >= 15 is 0 Å². The third-order valence-electron chi connectivity index (χ3n) is 4.69. The van der Waals surface area contributed by atoms with E-state index in [9.17, 15) is 14.4 Å². The van der Waals surface area contributed by atoms with Crippen molar-refractivity contribution in [3.63, 3.8) is 0 Å². The molecule has 7 heteroatoms. The van der Waals surface area contributed by atoms with Crippen molar-refractivity contribution in [1.82, 2.24) is 4.31 Å². The zero-order valence-corrected chi connectivity index (χ0v) is 19.4. The van der Waals surface area contributed by atoms with E-state index in [2.05, 4.69) is 0 Å². The minimum atomic E-state index is -0.628. The van der Waals surface area contributed by atoms with E-state index in [4.69, 9.17) is 10.5 Å². The van der Waals surface area contributed by atoms with E-state index in [1.165, 1.54) is 16.3 Å². The van der Waals surface area contributed by atoms with Crippen LogP contribution in [0.1, 0.15) is 45.7 Å². The SMILES string of the molecule is CC(C)SN(CC(=O)c1c(N)cccc1C(=O)c1ccccc1)C(=O)OCc1ccccc1. The maximum absolute atomic E-state index is 13.3. The van der Waals surface area contributed by atoms with Crippen molar-refractivity contribution in [2.45, 2.75) is 25.7 Å². The Bertz CT molecular complexity index is 1120. The highest BCUT2D eigenvalue weighted by atomic mass is 32.2. The summed E-state index contributed by atoms with van der Waals surface area (Å²) >= 11 is 1.19. The van der Waals surface area contributed by atoms with Crippen molar-refractivity contribution in [1.29, 1.82) is 0 Å². The molecule has 0 saturated carbocycles. The maximum Gasteiger partial charge on any atom is 0.420 e. The van der Waals surface area contributed by atoms with Gasteiger partial charge in [-0.1, -0.05) is 86.6 Å². The van der Waals surface area contributed by atoms with Crippen LogP contribution in [0.4, 0.5) is 10.5 Å². The Morgan fingerprint density at radius 1 is 0.909 bits per heavy atom. The largest absolute Gasteiger partial charge is 0.444 e. The van der Waals surface area contributed by atoms with Gasteiger partial charge in [0.2, 0.25) is 0 Å². The number of ether oxygens (including phenoxy) is 1. The molecule has 0 atom stereocenters. The normalized spacial score (nSPS) is 10.6. The first-order valence-electron chi connectivity index (χ1n) is 10.5. The number of carbonyl (C=O) groups excluding carboxylic acids is 3. The van der Waals surface area contributed by atoms with Crippen molar-refractivity contribution in [3.8, 4) is 0 Å². The van der Waals surface area contributed by atoms with Gasteiger partial charge < -0.3 is 10.5 Å². The van der Waals surface area contributed by atoms with Crippen LogP contribution in [0.2, 0.25) is 0 Å². The van der Waals surface area contributed by atoms with Gasteiger partial charge in [0.25, 0.3) is 0 Å². The number of amides is 1. The summed E-state index contributed by atoms with van der Waals surface area (Å²) in [5.41, 5.74) is 7.91. The van der Waals surface area contributed by atoms with E-state index in [1.807, 2.05) is 50.2 Å². The number of ketones is 2. The van der Waals surface area contributed by atoms with Crippen LogP contribution in [-0.2, 0) is 11.3 Å². The van der Waals surface area contributed by atoms with E-state index in [0.29, 0.717) is 5.56 Å². The van der Waals surface area contributed by atoms with E-state index in [1.54, 1.807) is 42.5 Å². The maximum atomic E-state index is 13.3. The summed E-state index contributed by atoms with van der Waals surface area (Å²) in [7, 11) is 0. The van der Waals surface area contributed by atoms with Gasteiger partial charge >= 0.3 is 6.09 Å². The van der Waals surface area contributed by atoms with Crippen LogP contribution < -0.4 is 5.73 Å². The second-order valence-electron chi connectivity index (χ2n) is 7.62. The van der Waals surface area contributed by atoms with Gasteiger partial charge in [-0.25, -0.2) is 9.10 Å². The van der Waals surface area contributed by atoms with Gasteiger partial charge in [-0.3, -0.25) is 9.59 Å². The standard InChI is InChI=1S/C26H26N2O4S/c1-18(2)33-28(26(31)32-17-19-10-5-3-6-11-19)16-23(29)24-21(14-9-15-22(24)27)25(30)20-12-7-4-8-13-20/h3-15,18H,16-17,27H2,1-2H3. The molecule has 33 heavy (non-hydrogen) atoms. The van der Waals surface area contributed by atoms with Crippen LogP contribution in [-0.4, -0.2) is 33.8 Å². The number of hydrogen-bond acceptors (Lipinski definition) is 6. The molecule has 3 aromatic rings. The number of rotatable bonds is 9. The number of hydrogen-bond donors (Lipinski definition) is 1. The molecule has 0 aliphatic rings. The minimum Gasteiger partial charge on any atom is -0.444 e. The lowest BCUT2D eigenvalue weighted by Crippen LogP contribution is -2.33. The average molecular weight is 463 g/mol. The van der Waals surface area contributed by atoms with E-state index in [0.717, 1.165) is 5.56 Å². The van der Waals surface area contributed by atoms with Gasteiger partial charge in [0.1, 0.15) is 6.61 Å².